The molecule has 0 spiro atoms. The van der Waals surface area contributed by atoms with Crippen molar-refractivity contribution in [1.29, 1.82) is 0 Å². The first-order chi connectivity index (χ1) is 11.3. The van der Waals surface area contributed by atoms with Crippen LogP contribution in [0.25, 0.3) is 11.1 Å². The molecule has 23 heavy (non-hydrogen) atoms. The smallest absolute Gasteiger partial charge is 0.317 e. The molecule has 1 N–H and O–H groups in total. The highest BCUT2D eigenvalue weighted by molar-refractivity contribution is 5.75. The van der Waals surface area contributed by atoms with Gasteiger partial charge < -0.3 is 14.6 Å². The zero-order valence-corrected chi connectivity index (χ0v) is 13.3. The van der Waals surface area contributed by atoms with E-state index in [1.54, 1.807) is 0 Å². The Morgan fingerprint density at radius 1 is 1.17 bits per heavy atom. The van der Waals surface area contributed by atoms with E-state index in [4.69, 9.17) is 4.42 Å². The second kappa shape index (κ2) is 6.22. The second-order valence-electron chi connectivity index (χ2n) is 6.74. The Bertz CT molecular complexity index is 657. The van der Waals surface area contributed by atoms with E-state index >= 15 is 0 Å². The summed E-state index contributed by atoms with van der Waals surface area (Å²) in [5, 5.41) is 3.20. The van der Waals surface area contributed by atoms with Crippen LogP contribution in [0.2, 0.25) is 0 Å². The van der Waals surface area contributed by atoms with E-state index in [0.29, 0.717) is 12.6 Å². The molecule has 1 aliphatic carbocycles. The number of carbonyl (C=O) groups excluding carboxylic acids is 1. The maximum Gasteiger partial charge on any atom is 0.317 e. The topological polar surface area (TPSA) is 58.4 Å². The highest BCUT2D eigenvalue weighted by Gasteiger charge is 2.31. The van der Waals surface area contributed by atoms with E-state index in [0.717, 1.165) is 42.8 Å². The Kier molecular flexibility index (Phi) is 3.93. The molecule has 0 bridgehead atoms. The fourth-order valence-electron chi connectivity index (χ4n) is 3.72. The summed E-state index contributed by atoms with van der Waals surface area (Å²) < 4.78 is 5.86. The van der Waals surface area contributed by atoms with Gasteiger partial charge in [0.25, 0.3) is 0 Å². The van der Waals surface area contributed by atoms with Crippen molar-refractivity contribution in [2.24, 2.45) is 0 Å². The lowest BCUT2D eigenvalue weighted by molar-refractivity contribution is 0.199. The van der Waals surface area contributed by atoms with Gasteiger partial charge in [-0.25, -0.2) is 9.78 Å². The summed E-state index contributed by atoms with van der Waals surface area (Å²) in [6.07, 6.45) is 6.93. The first-order valence-electron chi connectivity index (χ1n) is 8.70. The van der Waals surface area contributed by atoms with Crippen LogP contribution in [-0.4, -0.2) is 35.0 Å². The lowest BCUT2D eigenvalue weighted by Crippen LogP contribution is -2.44. The van der Waals surface area contributed by atoms with Gasteiger partial charge in [0, 0.05) is 19.1 Å². The molecule has 1 unspecified atom stereocenters. The molecule has 1 aromatic carbocycles. The van der Waals surface area contributed by atoms with Crippen molar-refractivity contribution in [3.63, 3.8) is 0 Å². The molecule has 1 saturated heterocycles. The van der Waals surface area contributed by atoms with E-state index in [1.807, 2.05) is 29.2 Å². The zero-order chi connectivity index (χ0) is 15.6. The molecule has 5 heteroatoms. The normalized spacial score (nSPS) is 22.6. The number of aromatic nitrogens is 1. The van der Waals surface area contributed by atoms with Crippen LogP contribution >= 0.6 is 0 Å². The summed E-state index contributed by atoms with van der Waals surface area (Å²) >= 11 is 0. The van der Waals surface area contributed by atoms with Gasteiger partial charge in [0.05, 0.1) is 5.92 Å². The van der Waals surface area contributed by atoms with Crippen molar-refractivity contribution in [2.45, 2.75) is 50.5 Å². The molecule has 4 rings (SSSR count). The molecule has 122 valence electrons. The molecule has 2 aliphatic rings. The van der Waals surface area contributed by atoms with Crippen LogP contribution in [0.4, 0.5) is 4.79 Å². The number of nitrogens with one attached hydrogen (secondary N) is 1. The van der Waals surface area contributed by atoms with Crippen LogP contribution in [0, 0.1) is 0 Å². The number of oxazole rings is 1. The fourth-order valence-corrected chi connectivity index (χ4v) is 3.72. The van der Waals surface area contributed by atoms with Gasteiger partial charge in [0.2, 0.25) is 0 Å². The van der Waals surface area contributed by atoms with Crippen LogP contribution in [0.5, 0.6) is 0 Å². The lowest BCUT2D eigenvalue weighted by atomic mass is 9.96. The number of benzene rings is 1. The van der Waals surface area contributed by atoms with Gasteiger partial charge in [0.1, 0.15) is 5.52 Å². The molecule has 1 atom stereocenters. The number of rotatable bonds is 2. The van der Waals surface area contributed by atoms with Gasteiger partial charge in [-0.2, -0.15) is 0 Å². The number of amides is 2. The highest BCUT2D eigenvalue weighted by atomic mass is 16.3. The van der Waals surface area contributed by atoms with Crippen LogP contribution < -0.4 is 5.32 Å². The maximum absolute atomic E-state index is 12.4. The number of hydrogen-bond donors (Lipinski definition) is 1. The van der Waals surface area contributed by atoms with Crippen molar-refractivity contribution in [3.8, 4) is 0 Å². The predicted octanol–water partition coefficient (Wildman–Crippen LogP) is 3.66. The van der Waals surface area contributed by atoms with Gasteiger partial charge in [-0.1, -0.05) is 31.4 Å². The minimum absolute atomic E-state index is 0.0792. The molecule has 2 amide bonds. The van der Waals surface area contributed by atoms with Crippen LogP contribution in [0.1, 0.15) is 50.3 Å². The summed E-state index contributed by atoms with van der Waals surface area (Å²) in [7, 11) is 0. The summed E-state index contributed by atoms with van der Waals surface area (Å²) in [5.41, 5.74) is 1.72. The molecule has 5 nitrogen and oxygen atoms in total. The molecule has 2 aromatic rings. The summed E-state index contributed by atoms with van der Waals surface area (Å²) in [5.74, 6) is 0.971. The fraction of sp³-hybridized carbons (Fsp3) is 0.556. The molecule has 2 fully saturated rings. The number of carbonyl (C=O) groups is 1. The molecule has 2 heterocycles. The van der Waals surface area contributed by atoms with Crippen LogP contribution in [0.3, 0.4) is 0 Å². The third-order valence-electron chi connectivity index (χ3n) is 5.07. The number of urea groups is 1. The van der Waals surface area contributed by atoms with Gasteiger partial charge in [-0.3, -0.25) is 0 Å². The average Bonchev–Trinajstić information content (AvgIpc) is 3.22. The Balaban J connectivity index is 1.39. The predicted molar refractivity (Wildman–Crippen MR) is 88.3 cm³/mol. The second-order valence-corrected chi connectivity index (χ2v) is 6.74. The number of fused-ring (bicyclic) bond motifs is 1. The highest BCUT2D eigenvalue weighted by Crippen LogP contribution is 2.29. The van der Waals surface area contributed by atoms with E-state index < -0.39 is 0 Å². The first-order valence-corrected chi connectivity index (χ1v) is 8.70. The zero-order valence-electron chi connectivity index (χ0n) is 13.3. The Morgan fingerprint density at radius 2 is 2.00 bits per heavy atom. The molecular formula is C18H23N3O2. The molecular weight excluding hydrogens is 290 g/mol. The maximum atomic E-state index is 12.4. The minimum atomic E-state index is 0.0792. The van der Waals surface area contributed by atoms with Crippen molar-refractivity contribution < 1.29 is 9.21 Å². The van der Waals surface area contributed by atoms with Crippen molar-refractivity contribution in [3.05, 3.63) is 30.2 Å². The van der Waals surface area contributed by atoms with Gasteiger partial charge >= 0.3 is 6.03 Å². The summed E-state index contributed by atoms with van der Waals surface area (Å²) in [4.78, 5) is 18.9. The summed E-state index contributed by atoms with van der Waals surface area (Å²) in [6.45, 7) is 1.48. The van der Waals surface area contributed by atoms with E-state index in [2.05, 4.69) is 10.3 Å². The Hall–Kier alpha value is -2.04. The SMILES string of the molecule is O=C(NC1CCCCC1)N1CCC(c2nc3ccccc3o2)C1. The third kappa shape index (κ3) is 3.05. The lowest BCUT2D eigenvalue weighted by Gasteiger charge is -2.26. The molecule has 1 saturated carbocycles. The van der Waals surface area contributed by atoms with Crippen molar-refractivity contribution in [1.82, 2.24) is 15.2 Å². The quantitative estimate of drug-likeness (QED) is 0.920. The largest absolute Gasteiger partial charge is 0.440 e. The first kappa shape index (κ1) is 14.5. The molecule has 1 aromatic heterocycles. The van der Waals surface area contributed by atoms with Crippen molar-refractivity contribution >= 4 is 17.1 Å². The molecule has 0 radical (unpaired) electrons. The monoisotopic (exact) mass is 313 g/mol. The van der Waals surface area contributed by atoms with Gasteiger partial charge in [-0.05, 0) is 31.4 Å². The van der Waals surface area contributed by atoms with Crippen molar-refractivity contribution in [2.75, 3.05) is 13.1 Å². The van der Waals surface area contributed by atoms with Gasteiger partial charge in [-0.15, -0.1) is 0 Å². The third-order valence-corrected chi connectivity index (χ3v) is 5.07. The number of nitrogens with zero attached hydrogens (tertiary/aromatic N) is 2. The Morgan fingerprint density at radius 3 is 2.83 bits per heavy atom. The Labute approximate surface area is 136 Å². The number of hydrogen-bond acceptors (Lipinski definition) is 3. The molecule has 1 aliphatic heterocycles. The van der Waals surface area contributed by atoms with Gasteiger partial charge in [0.15, 0.2) is 11.5 Å². The van der Waals surface area contributed by atoms with Crippen LogP contribution in [-0.2, 0) is 0 Å². The van der Waals surface area contributed by atoms with Crippen LogP contribution in [0.15, 0.2) is 28.7 Å². The van der Waals surface area contributed by atoms with E-state index in [9.17, 15) is 4.79 Å². The minimum Gasteiger partial charge on any atom is -0.440 e. The van der Waals surface area contributed by atoms with E-state index in [-0.39, 0.29) is 11.9 Å². The summed E-state index contributed by atoms with van der Waals surface area (Å²) in [6, 6.07) is 8.26. The van der Waals surface area contributed by atoms with E-state index in [1.165, 1.54) is 19.3 Å². The number of likely N-dealkylation sites (tertiary alicyclic amines) is 1. The standard InChI is InChI=1S/C18H23N3O2/c22-18(19-14-6-2-1-3-7-14)21-11-10-13(12-21)17-20-15-8-4-5-9-16(15)23-17/h4-5,8-9,13-14H,1-3,6-7,10-12H2,(H,19,22). The average molecular weight is 313 g/mol. The number of para-hydroxylation sites is 2.